The minimum atomic E-state index is 0.114. The lowest BCUT2D eigenvalue weighted by Crippen LogP contribution is -2.51. The minimum Gasteiger partial charge on any atom is -0.368 e. The van der Waals surface area contributed by atoms with Gasteiger partial charge in [0.2, 0.25) is 0 Å². The van der Waals surface area contributed by atoms with E-state index in [1.165, 1.54) is 21.0 Å². The van der Waals surface area contributed by atoms with Crippen molar-refractivity contribution in [3.8, 4) is 0 Å². The third-order valence-corrected chi connectivity index (χ3v) is 8.35. The van der Waals surface area contributed by atoms with Crippen molar-refractivity contribution in [2.24, 2.45) is 11.0 Å². The quantitative estimate of drug-likeness (QED) is 0.840. The van der Waals surface area contributed by atoms with E-state index in [1.54, 1.807) is 11.3 Å². The number of amides is 1. The molecule has 0 spiro atoms. The Labute approximate surface area is 173 Å². The summed E-state index contributed by atoms with van der Waals surface area (Å²) in [6, 6.07) is 10.9. The van der Waals surface area contributed by atoms with Crippen molar-refractivity contribution in [1.29, 1.82) is 0 Å². The number of para-hydroxylation sites is 1. The number of fused-ring (bicyclic) bond motifs is 3. The number of rotatable bonds is 3. The molecule has 7 heteroatoms. The number of hydrogen-bond acceptors (Lipinski definition) is 6. The van der Waals surface area contributed by atoms with Gasteiger partial charge in [0, 0.05) is 49.1 Å². The van der Waals surface area contributed by atoms with Gasteiger partial charge in [0.25, 0.3) is 5.91 Å². The normalized spacial score (nSPS) is 23.7. The molecule has 3 aliphatic heterocycles. The van der Waals surface area contributed by atoms with Gasteiger partial charge in [-0.3, -0.25) is 4.79 Å². The van der Waals surface area contributed by atoms with Gasteiger partial charge in [-0.15, -0.1) is 23.1 Å². The van der Waals surface area contributed by atoms with Crippen LogP contribution < -0.4 is 10.3 Å². The van der Waals surface area contributed by atoms with E-state index < -0.39 is 0 Å². The predicted octanol–water partition coefficient (Wildman–Crippen LogP) is 3.38. The Morgan fingerprint density at radius 1 is 1.21 bits per heavy atom. The molecule has 2 atom stereocenters. The highest BCUT2D eigenvalue weighted by Crippen LogP contribution is 2.45. The van der Waals surface area contributed by atoms with E-state index in [2.05, 4.69) is 58.1 Å². The molecule has 1 N–H and O–H groups in total. The number of piperazine rings is 1. The van der Waals surface area contributed by atoms with Crippen LogP contribution in [0.3, 0.4) is 0 Å². The molecular weight excluding hydrogens is 388 g/mol. The Morgan fingerprint density at radius 3 is 2.86 bits per heavy atom. The van der Waals surface area contributed by atoms with E-state index in [-0.39, 0.29) is 17.9 Å². The van der Waals surface area contributed by atoms with Crippen molar-refractivity contribution in [3.05, 3.63) is 46.8 Å². The first kappa shape index (κ1) is 18.1. The third kappa shape index (κ3) is 3.01. The third-order valence-electron chi connectivity index (χ3n) is 5.96. The van der Waals surface area contributed by atoms with Crippen LogP contribution in [0.4, 0.5) is 5.69 Å². The molecule has 1 aromatic carbocycles. The lowest BCUT2D eigenvalue weighted by Gasteiger charge is -2.37. The number of anilines is 1. The topological polar surface area (TPSA) is 47.9 Å². The number of benzene rings is 1. The Balaban J connectivity index is 1.26. The molecule has 146 valence electrons. The first-order chi connectivity index (χ1) is 13.8. The van der Waals surface area contributed by atoms with Crippen LogP contribution in [0.1, 0.15) is 24.1 Å². The van der Waals surface area contributed by atoms with Gasteiger partial charge in [0.05, 0.1) is 10.3 Å². The molecule has 0 saturated carbocycles. The zero-order chi connectivity index (χ0) is 19.1. The Bertz CT molecular complexity index is 917. The van der Waals surface area contributed by atoms with Crippen molar-refractivity contribution >= 4 is 40.4 Å². The summed E-state index contributed by atoms with van der Waals surface area (Å²) in [5, 5.41) is 6.63. The summed E-state index contributed by atoms with van der Waals surface area (Å²) in [4.78, 5) is 17.6. The molecular formula is C21H24N4OS2. The summed E-state index contributed by atoms with van der Waals surface area (Å²) >= 11 is 3.64. The van der Waals surface area contributed by atoms with Gasteiger partial charge in [-0.1, -0.05) is 25.1 Å². The van der Waals surface area contributed by atoms with Crippen molar-refractivity contribution < 1.29 is 4.79 Å². The summed E-state index contributed by atoms with van der Waals surface area (Å²) < 4.78 is 1.36. The number of hydrogen-bond donors (Lipinski definition) is 1. The van der Waals surface area contributed by atoms with E-state index in [1.807, 2.05) is 16.7 Å². The van der Waals surface area contributed by atoms with Crippen molar-refractivity contribution in [3.63, 3.8) is 0 Å². The monoisotopic (exact) mass is 412 g/mol. The molecule has 1 amide bonds. The average Bonchev–Trinajstić information content (AvgIpc) is 3.39. The van der Waals surface area contributed by atoms with Gasteiger partial charge in [0.1, 0.15) is 5.71 Å². The number of hydrazone groups is 1. The number of nitrogens with zero attached hydrogens (tertiary/aromatic N) is 3. The summed E-state index contributed by atoms with van der Waals surface area (Å²) in [7, 11) is 0. The van der Waals surface area contributed by atoms with E-state index in [0.29, 0.717) is 0 Å². The predicted molar refractivity (Wildman–Crippen MR) is 116 cm³/mol. The fourth-order valence-corrected chi connectivity index (χ4v) is 6.74. The van der Waals surface area contributed by atoms with Crippen LogP contribution in [0, 0.1) is 5.92 Å². The first-order valence-corrected chi connectivity index (χ1v) is 11.8. The second kappa shape index (κ2) is 7.44. The standard InChI is InChI=1S/C21H24N4OS2/c1-2-14-5-3-4-6-17(14)24-8-10-25(11-9-24)20(26)19-16-13-28-21-15(7-12-27-21)18(16)22-23-19/h3-7,12,16,18,22H,2,8-11,13H2,1H3. The maximum absolute atomic E-state index is 13.2. The minimum absolute atomic E-state index is 0.114. The second-order valence-corrected chi connectivity index (χ2v) is 9.65. The number of thioether (sulfide) groups is 1. The van der Waals surface area contributed by atoms with Crippen LogP contribution in [-0.4, -0.2) is 48.5 Å². The Hall–Kier alpha value is -1.99. The molecule has 1 aromatic heterocycles. The lowest BCUT2D eigenvalue weighted by atomic mass is 9.92. The SMILES string of the molecule is CCc1ccccc1N1CCN(C(=O)C2=NNC3c4ccsc4SCC23)CC1. The molecule has 0 bridgehead atoms. The molecule has 4 heterocycles. The van der Waals surface area contributed by atoms with E-state index in [0.717, 1.165) is 44.1 Å². The molecule has 3 aliphatic rings. The largest absolute Gasteiger partial charge is 0.368 e. The molecule has 1 saturated heterocycles. The van der Waals surface area contributed by atoms with Crippen LogP contribution in [0.2, 0.25) is 0 Å². The zero-order valence-electron chi connectivity index (χ0n) is 15.9. The van der Waals surface area contributed by atoms with Crippen molar-refractivity contribution in [1.82, 2.24) is 10.3 Å². The molecule has 1 fully saturated rings. The van der Waals surface area contributed by atoms with Crippen LogP contribution in [0.5, 0.6) is 0 Å². The molecule has 2 aromatic rings. The Morgan fingerprint density at radius 2 is 2.04 bits per heavy atom. The van der Waals surface area contributed by atoms with Crippen LogP contribution in [-0.2, 0) is 11.2 Å². The molecule has 0 radical (unpaired) electrons. The van der Waals surface area contributed by atoms with Gasteiger partial charge in [-0.25, -0.2) is 0 Å². The second-order valence-electron chi connectivity index (χ2n) is 7.45. The maximum atomic E-state index is 13.2. The molecule has 2 unspecified atom stereocenters. The highest BCUT2D eigenvalue weighted by atomic mass is 32.2. The van der Waals surface area contributed by atoms with Gasteiger partial charge in [-0.2, -0.15) is 5.10 Å². The molecule has 0 aliphatic carbocycles. The van der Waals surface area contributed by atoms with E-state index in [9.17, 15) is 4.79 Å². The van der Waals surface area contributed by atoms with Gasteiger partial charge >= 0.3 is 0 Å². The summed E-state index contributed by atoms with van der Waals surface area (Å²) in [6.07, 6.45) is 1.03. The van der Waals surface area contributed by atoms with Gasteiger partial charge in [-0.05, 0) is 29.5 Å². The number of aryl methyl sites for hydroxylation is 1. The summed E-state index contributed by atoms with van der Waals surface area (Å²) in [6.45, 7) is 5.46. The number of thiophene rings is 1. The first-order valence-electron chi connectivity index (χ1n) is 9.91. The molecule has 28 heavy (non-hydrogen) atoms. The summed E-state index contributed by atoms with van der Waals surface area (Å²) in [5.74, 6) is 1.22. The highest BCUT2D eigenvalue weighted by Gasteiger charge is 2.42. The van der Waals surface area contributed by atoms with E-state index in [4.69, 9.17) is 0 Å². The number of carbonyl (C=O) groups is 1. The Kier molecular flexibility index (Phi) is 4.80. The van der Waals surface area contributed by atoms with Crippen LogP contribution in [0.25, 0.3) is 0 Å². The zero-order valence-corrected chi connectivity index (χ0v) is 17.6. The van der Waals surface area contributed by atoms with Crippen molar-refractivity contribution in [2.75, 3.05) is 36.8 Å². The molecule has 5 nitrogen and oxygen atoms in total. The van der Waals surface area contributed by atoms with Crippen molar-refractivity contribution in [2.45, 2.75) is 23.6 Å². The average molecular weight is 413 g/mol. The van der Waals surface area contributed by atoms with Gasteiger partial charge in [0.15, 0.2) is 0 Å². The highest BCUT2D eigenvalue weighted by molar-refractivity contribution is 8.01. The van der Waals surface area contributed by atoms with Crippen LogP contribution in [0.15, 0.2) is 45.0 Å². The number of carbonyl (C=O) groups excluding carboxylic acids is 1. The van der Waals surface area contributed by atoms with Crippen LogP contribution >= 0.6 is 23.1 Å². The fourth-order valence-electron chi connectivity index (χ4n) is 4.39. The summed E-state index contributed by atoms with van der Waals surface area (Å²) in [5.41, 5.74) is 7.95. The molecule has 5 rings (SSSR count). The van der Waals surface area contributed by atoms with E-state index >= 15 is 0 Å². The van der Waals surface area contributed by atoms with Gasteiger partial charge < -0.3 is 15.2 Å². The fraction of sp³-hybridized carbons (Fsp3) is 0.429. The smallest absolute Gasteiger partial charge is 0.270 e. The number of nitrogens with one attached hydrogen (secondary N) is 1. The maximum Gasteiger partial charge on any atom is 0.270 e. The lowest BCUT2D eigenvalue weighted by molar-refractivity contribution is -0.124.